The van der Waals surface area contributed by atoms with Gasteiger partial charge in [0.2, 0.25) is 0 Å². The van der Waals surface area contributed by atoms with Crippen LogP contribution >= 0.6 is 0 Å². The number of nitrogens with zero attached hydrogens (tertiary/aromatic N) is 4. The number of aromatic nitrogens is 3. The van der Waals surface area contributed by atoms with Crippen LogP contribution in [0, 0.1) is 0 Å². The van der Waals surface area contributed by atoms with Gasteiger partial charge in [-0.3, -0.25) is 0 Å². The van der Waals surface area contributed by atoms with Crippen molar-refractivity contribution in [2.45, 2.75) is 20.0 Å². The van der Waals surface area contributed by atoms with E-state index in [4.69, 9.17) is 4.74 Å². The Morgan fingerprint density at radius 2 is 1.76 bits per heavy atom. The maximum atomic E-state index is 5.86. The first-order chi connectivity index (χ1) is 10.2. The van der Waals surface area contributed by atoms with Crippen LogP contribution in [0.4, 0.5) is 0 Å². The predicted molar refractivity (Wildman–Crippen MR) is 82.7 cm³/mol. The lowest BCUT2D eigenvalue weighted by atomic mass is 10.0. The lowest BCUT2D eigenvalue weighted by molar-refractivity contribution is 0.245. The van der Waals surface area contributed by atoms with E-state index in [1.807, 2.05) is 38.1 Å². The number of rotatable bonds is 4. The molecule has 0 radical (unpaired) electrons. The first-order valence-corrected chi connectivity index (χ1v) is 6.81. The Kier molecular flexibility index (Phi) is 3.64. The van der Waals surface area contributed by atoms with Gasteiger partial charge in [-0.1, -0.05) is 24.3 Å². The van der Waals surface area contributed by atoms with Gasteiger partial charge in [0.25, 0.3) is 0 Å². The predicted octanol–water partition coefficient (Wildman–Crippen LogP) is 3.10. The number of ether oxygens (including phenoxy) is 1. The number of benzene rings is 2. The summed E-state index contributed by atoms with van der Waals surface area (Å²) in [6.07, 6.45) is 5.04. The molecular weight excluding hydrogens is 264 g/mol. The van der Waals surface area contributed by atoms with Crippen LogP contribution in [0.3, 0.4) is 0 Å². The van der Waals surface area contributed by atoms with Crippen molar-refractivity contribution in [3.8, 4) is 5.75 Å². The molecule has 5 nitrogen and oxygen atoms in total. The van der Waals surface area contributed by atoms with Crippen LogP contribution in [-0.4, -0.2) is 27.2 Å². The van der Waals surface area contributed by atoms with Crippen molar-refractivity contribution in [3.63, 3.8) is 0 Å². The van der Waals surface area contributed by atoms with E-state index in [0.717, 1.165) is 22.1 Å². The fourth-order valence-electron chi connectivity index (χ4n) is 2.15. The standard InChI is InChI=1S/C16H16N4O/c1-12(2)21-16-8-7-13(9-19-20-10-17-18-11-20)14-5-3-4-6-15(14)16/h3-12H,1-2H3. The van der Waals surface area contributed by atoms with Crippen molar-refractivity contribution in [1.29, 1.82) is 0 Å². The zero-order chi connectivity index (χ0) is 14.7. The summed E-state index contributed by atoms with van der Waals surface area (Å²) >= 11 is 0. The Labute approximate surface area is 122 Å². The van der Waals surface area contributed by atoms with Crippen LogP contribution in [0.5, 0.6) is 5.75 Å². The molecule has 1 heterocycles. The van der Waals surface area contributed by atoms with Crippen LogP contribution in [0.25, 0.3) is 10.8 Å². The van der Waals surface area contributed by atoms with Crippen molar-refractivity contribution >= 4 is 17.0 Å². The summed E-state index contributed by atoms with van der Waals surface area (Å²) in [5.74, 6) is 0.891. The third kappa shape index (κ3) is 2.91. The smallest absolute Gasteiger partial charge is 0.141 e. The highest BCUT2D eigenvalue weighted by Gasteiger charge is 2.06. The van der Waals surface area contributed by atoms with Crippen LogP contribution in [0.15, 0.2) is 54.2 Å². The molecule has 5 heteroatoms. The molecule has 3 aromatic rings. The lowest BCUT2D eigenvalue weighted by Gasteiger charge is -2.13. The van der Waals surface area contributed by atoms with Crippen LogP contribution < -0.4 is 4.74 Å². The quantitative estimate of drug-likeness (QED) is 0.690. The monoisotopic (exact) mass is 280 g/mol. The minimum atomic E-state index is 0.143. The van der Waals surface area contributed by atoms with Crippen molar-refractivity contribution < 1.29 is 4.74 Å². The third-order valence-electron chi connectivity index (χ3n) is 3.02. The van der Waals surface area contributed by atoms with Crippen molar-refractivity contribution in [3.05, 3.63) is 54.6 Å². The van der Waals surface area contributed by atoms with Gasteiger partial charge in [-0.15, -0.1) is 10.2 Å². The summed E-state index contributed by atoms with van der Waals surface area (Å²) in [7, 11) is 0. The molecule has 0 aliphatic heterocycles. The van der Waals surface area contributed by atoms with E-state index < -0.39 is 0 Å². The van der Waals surface area contributed by atoms with Crippen LogP contribution in [-0.2, 0) is 0 Å². The molecule has 0 amide bonds. The second-order valence-electron chi connectivity index (χ2n) is 4.95. The highest BCUT2D eigenvalue weighted by molar-refractivity contribution is 6.02. The topological polar surface area (TPSA) is 52.3 Å². The van der Waals surface area contributed by atoms with E-state index in [0.29, 0.717) is 0 Å². The summed E-state index contributed by atoms with van der Waals surface area (Å²) in [5.41, 5.74) is 1.02. The van der Waals surface area contributed by atoms with E-state index in [9.17, 15) is 0 Å². The molecule has 0 N–H and O–H groups in total. The molecular formula is C16H16N4O. The van der Waals surface area contributed by atoms with Gasteiger partial charge in [0.05, 0.1) is 12.3 Å². The molecule has 0 atom stereocenters. The van der Waals surface area contributed by atoms with Crippen LogP contribution in [0.1, 0.15) is 19.4 Å². The minimum absolute atomic E-state index is 0.143. The molecule has 2 aromatic carbocycles. The molecule has 0 aliphatic rings. The first-order valence-electron chi connectivity index (χ1n) is 6.81. The highest BCUT2D eigenvalue weighted by atomic mass is 16.5. The number of hydrogen-bond acceptors (Lipinski definition) is 4. The third-order valence-corrected chi connectivity index (χ3v) is 3.02. The van der Waals surface area contributed by atoms with Gasteiger partial charge in [0.1, 0.15) is 18.4 Å². The molecule has 0 saturated carbocycles. The van der Waals surface area contributed by atoms with Gasteiger partial charge in [0, 0.05) is 10.9 Å². The fraction of sp³-hybridized carbons (Fsp3) is 0.188. The van der Waals surface area contributed by atoms with E-state index >= 15 is 0 Å². The van der Waals surface area contributed by atoms with Gasteiger partial charge < -0.3 is 4.74 Å². The largest absolute Gasteiger partial charge is 0.490 e. The Hall–Kier alpha value is -2.69. The molecule has 0 saturated heterocycles. The Morgan fingerprint density at radius 1 is 1.05 bits per heavy atom. The zero-order valence-electron chi connectivity index (χ0n) is 12.0. The normalized spacial score (nSPS) is 11.6. The summed E-state index contributed by atoms with van der Waals surface area (Å²) < 4.78 is 7.43. The molecule has 0 bridgehead atoms. The second-order valence-corrected chi connectivity index (χ2v) is 4.95. The Bertz CT molecular complexity index is 763. The minimum Gasteiger partial charge on any atom is -0.490 e. The molecule has 0 spiro atoms. The first kappa shape index (κ1) is 13.3. The molecule has 3 rings (SSSR count). The SMILES string of the molecule is CC(C)Oc1ccc(C=Nn2cnnc2)c2ccccc12. The van der Waals surface area contributed by atoms with E-state index in [1.165, 1.54) is 0 Å². The molecule has 1 aromatic heterocycles. The molecule has 0 unspecified atom stereocenters. The van der Waals surface area contributed by atoms with Gasteiger partial charge >= 0.3 is 0 Å². The van der Waals surface area contributed by atoms with E-state index in [1.54, 1.807) is 23.5 Å². The average Bonchev–Trinajstić information content (AvgIpc) is 2.99. The summed E-state index contributed by atoms with van der Waals surface area (Å²) in [6.45, 7) is 4.05. The van der Waals surface area contributed by atoms with Crippen molar-refractivity contribution in [2.24, 2.45) is 5.10 Å². The van der Waals surface area contributed by atoms with Crippen molar-refractivity contribution in [1.82, 2.24) is 14.9 Å². The highest BCUT2D eigenvalue weighted by Crippen LogP contribution is 2.28. The number of fused-ring (bicyclic) bond motifs is 1. The Morgan fingerprint density at radius 3 is 2.48 bits per heavy atom. The van der Waals surface area contributed by atoms with E-state index in [-0.39, 0.29) is 6.10 Å². The van der Waals surface area contributed by atoms with Gasteiger partial charge in [0.15, 0.2) is 0 Å². The maximum absolute atomic E-state index is 5.86. The van der Waals surface area contributed by atoms with Gasteiger partial charge in [-0.25, -0.2) is 4.68 Å². The summed E-state index contributed by atoms with van der Waals surface area (Å²) in [6, 6.07) is 12.1. The maximum Gasteiger partial charge on any atom is 0.141 e. The van der Waals surface area contributed by atoms with Crippen LogP contribution in [0.2, 0.25) is 0 Å². The molecule has 106 valence electrons. The molecule has 0 aliphatic carbocycles. The van der Waals surface area contributed by atoms with E-state index in [2.05, 4.69) is 27.4 Å². The lowest BCUT2D eigenvalue weighted by Crippen LogP contribution is -2.06. The second kappa shape index (κ2) is 5.75. The fourth-order valence-corrected chi connectivity index (χ4v) is 2.15. The summed E-state index contributed by atoms with van der Waals surface area (Å²) in [5, 5.41) is 13.9. The van der Waals surface area contributed by atoms with Gasteiger partial charge in [-0.2, -0.15) is 5.10 Å². The molecule has 21 heavy (non-hydrogen) atoms. The zero-order valence-corrected chi connectivity index (χ0v) is 12.0. The average molecular weight is 280 g/mol. The summed E-state index contributed by atoms with van der Waals surface area (Å²) in [4.78, 5) is 0. The molecule has 0 fully saturated rings. The van der Waals surface area contributed by atoms with Crippen molar-refractivity contribution in [2.75, 3.05) is 0 Å². The Balaban J connectivity index is 2.04. The number of hydrogen-bond donors (Lipinski definition) is 0. The van der Waals surface area contributed by atoms with Gasteiger partial charge in [-0.05, 0) is 31.4 Å².